The van der Waals surface area contributed by atoms with Crippen molar-refractivity contribution in [3.63, 3.8) is 0 Å². The van der Waals surface area contributed by atoms with Crippen molar-refractivity contribution < 1.29 is 14.0 Å². The number of aryl methyl sites for hydroxylation is 2. The van der Waals surface area contributed by atoms with Gasteiger partial charge in [0.25, 0.3) is 5.56 Å². The average Bonchev–Trinajstić information content (AvgIpc) is 3.50. The van der Waals surface area contributed by atoms with E-state index in [0.29, 0.717) is 16.7 Å². The third kappa shape index (κ3) is 4.44. The molecule has 0 radical (unpaired) electrons. The summed E-state index contributed by atoms with van der Waals surface area (Å²) in [5.74, 6) is -0.846. The van der Waals surface area contributed by atoms with Crippen molar-refractivity contribution in [3.8, 4) is 0 Å². The lowest BCUT2D eigenvalue weighted by atomic mass is 10.1. The number of rotatable bonds is 6. The number of nitrogens with one attached hydrogen (secondary N) is 2. The molecule has 1 fully saturated rings. The highest BCUT2D eigenvalue weighted by Gasteiger charge is 2.24. The summed E-state index contributed by atoms with van der Waals surface area (Å²) >= 11 is 0. The zero-order chi connectivity index (χ0) is 25.4. The van der Waals surface area contributed by atoms with Gasteiger partial charge in [0.1, 0.15) is 24.2 Å². The number of amides is 2. The predicted octanol–water partition coefficient (Wildman–Crippen LogP) is 3.22. The standard InChI is InChI=1S/C27H28N4O5/c1-16-11-12-17(2)20(13-16)29-23(33)14-30-24-19-9-5-6-10-21(19)36-25(24)26(34)31(27(30)35)15-22(32)28-18-7-3-4-8-18/h5-6,9-13,18H,3-4,7-8,14-15H2,1-2H3,(H,28,32)(H,29,33). The third-order valence-electron chi connectivity index (χ3n) is 6.73. The number of aromatic nitrogens is 2. The number of carbonyl (C=O) groups is 2. The fourth-order valence-corrected chi connectivity index (χ4v) is 4.87. The minimum atomic E-state index is -0.739. The Morgan fingerprint density at radius 1 is 0.972 bits per heavy atom. The fraction of sp³-hybridized carbons (Fsp3) is 0.333. The van der Waals surface area contributed by atoms with E-state index in [1.807, 2.05) is 32.0 Å². The van der Waals surface area contributed by atoms with Gasteiger partial charge < -0.3 is 15.1 Å². The van der Waals surface area contributed by atoms with E-state index < -0.39 is 29.6 Å². The fourth-order valence-electron chi connectivity index (χ4n) is 4.87. The molecule has 9 nitrogen and oxygen atoms in total. The molecule has 2 heterocycles. The van der Waals surface area contributed by atoms with Crippen LogP contribution in [-0.2, 0) is 22.7 Å². The van der Waals surface area contributed by atoms with Crippen LogP contribution in [0.5, 0.6) is 0 Å². The molecule has 0 atom stereocenters. The summed E-state index contributed by atoms with van der Waals surface area (Å²) in [6, 6.07) is 12.7. The van der Waals surface area contributed by atoms with Crippen LogP contribution in [0.2, 0.25) is 0 Å². The van der Waals surface area contributed by atoms with E-state index in [9.17, 15) is 19.2 Å². The quantitative estimate of drug-likeness (QED) is 0.432. The number of hydrogen-bond donors (Lipinski definition) is 2. The molecule has 5 rings (SSSR count). The normalized spacial score (nSPS) is 13.9. The second-order valence-electron chi connectivity index (χ2n) is 9.45. The van der Waals surface area contributed by atoms with Gasteiger partial charge in [-0.05, 0) is 56.0 Å². The molecule has 36 heavy (non-hydrogen) atoms. The maximum Gasteiger partial charge on any atom is 0.332 e. The van der Waals surface area contributed by atoms with Gasteiger partial charge in [-0.3, -0.25) is 19.0 Å². The molecule has 2 aromatic heterocycles. The monoisotopic (exact) mass is 488 g/mol. The van der Waals surface area contributed by atoms with Crippen molar-refractivity contribution in [2.45, 2.75) is 58.7 Å². The molecule has 0 spiro atoms. The van der Waals surface area contributed by atoms with Crippen molar-refractivity contribution in [3.05, 3.63) is 74.4 Å². The number of nitrogens with zero attached hydrogens (tertiary/aromatic N) is 2. The predicted molar refractivity (Wildman–Crippen MR) is 137 cm³/mol. The molecule has 0 saturated heterocycles. The van der Waals surface area contributed by atoms with E-state index >= 15 is 0 Å². The second kappa shape index (κ2) is 9.49. The Kier molecular flexibility index (Phi) is 6.22. The minimum Gasteiger partial charge on any atom is -0.449 e. The van der Waals surface area contributed by atoms with Gasteiger partial charge in [0.15, 0.2) is 0 Å². The third-order valence-corrected chi connectivity index (χ3v) is 6.73. The van der Waals surface area contributed by atoms with Crippen molar-refractivity contribution in [2.24, 2.45) is 0 Å². The van der Waals surface area contributed by atoms with Gasteiger partial charge in [-0.2, -0.15) is 0 Å². The maximum absolute atomic E-state index is 13.6. The summed E-state index contributed by atoms with van der Waals surface area (Å²) in [6.07, 6.45) is 3.84. The summed E-state index contributed by atoms with van der Waals surface area (Å²) in [5.41, 5.74) is 1.67. The van der Waals surface area contributed by atoms with Gasteiger partial charge in [-0.1, -0.05) is 37.1 Å². The minimum absolute atomic E-state index is 0.0497. The Morgan fingerprint density at radius 2 is 1.69 bits per heavy atom. The highest BCUT2D eigenvalue weighted by Crippen LogP contribution is 2.26. The van der Waals surface area contributed by atoms with Gasteiger partial charge in [0.05, 0.1) is 0 Å². The van der Waals surface area contributed by atoms with Crippen LogP contribution < -0.4 is 21.9 Å². The van der Waals surface area contributed by atoms with Crippen LogP contribution in [0.4, 0.5) is 5.69 Å². The lowest BCUT2D eigenvalue weighted by Crippen LogP contribution is -2.46. The number of fused-ring (bicyclic) bond motifs is 3. The molecule has 2 aromatic carbocycles. The number of carbonyl (C=O) groups excluding carboxylic acids is 2. The highest BCUT2D eigenvalue weighted by atomic mass is 16.3. The van der Waals surface area contributed by atoms with Crippen molar-refractivity contribution in [1.29, 1.82) is 0 Å². The van der Waals surface area contributed by atoms with Crippen LogP contribution in [0, 0.1) is 13.8 Å². The molecule has 2 amide bonds. The molecule has 0 aliphatic heterocycles. The number of para-hydroxylation sites is 1. The van der Waals surface area contributed by atoms with E-state index in [1.54, 1.807) is 24.3 Å². The van der Waals surface area contributed by atoms with Crippen LogP contribution in [0.3, 0.4) is 0 Å². The van der Waals surface area contributed by atoms with Crippen molar-refractivity contribution >= 4 is 39.6 Å². The van der Waals surface area contributed by atoms with Crippen LogP contribution in [0.15, 0.2) is 56.5 Å². The summed E-state index contributed by atoms with van der Waals surface area (Å²) in [6.45, 7) is 3.01. The lowest BCUT2D eigenvalue weighted by molar-refractivity contribution is -0.122. The molecule has 2 N–H and O–H groups in total. The number of furan rings is 1. The van der Waals surface area contributed by atoms with Gasteiger partial charge in [-0.15, -0.1) is 0 Å². The highest BCUT2D eigenvalue weighted by molar-refractivity contribution is 6.03. The van der Waals surface area contributed by atoms with E-state index in [0.717, 1.165) is 41.4 Å². The SMILES string of the molecule is Cc1ccc(C)c(NC(=O)Cn2c(=O)n(CC(=O)NC3CCCC3)c(=O)c3oc4ccccc4c32)c1. The van der Waals surface area contributed by atoms with E-state index in [1.165, 1.54) is 4.57 Å². The first kappa shape index (κ1) is 23.6. The topological polar surface area (TPSA) is 115 Å². The van der Waals surface area contributed by atoms with E-state index in [4.69, 9.17) is 4.42 Å². The lowest BCUT2D eigenvalue weighted by Gasteiger charge is -2.15. The van der Waals surface area contributed by atoms with Crippen LogP contribution in [-0.4, -0.2) is 27.0 Å². The summed E-state index contributed by atoms with van der Waals surface area (Å²) in [7, 11) is 0. The Morgan fingerprint density at radius 3 is 2.47 bits per heavy atom. The van der Waals surface area contributed by atoms with Crippen LogP contribution in [0.1, 0.15) is 36.8 Å². The van der Waals surface area contributed by atoms with Crippen LogP contribution in [0.25, 0.3) is 22.1 Å². The van der Waals surface area contributed by atoms with Gasteiger partial charge in [-0.25, -0.2) is 9.36 Å². The maximum atomic E-state index is 13.6. The first-order valence-corrected chi connectivity index (χ1v) is 12.1. The van der Waals surface area contributed by atoms with Crippen molar-refractivity contribution in [2.75, 3.05) is 5.32 Å². The van der Waals surface area contributed by atoms with Gasteiger partial charge in [0, 0.05) is 17.1 Å². The summed E-state index contributed by atoms with van der Waals surface area (Å²) < 4.78 is 7.87. The molecule has 1 aliphatic rings. The van der Waals surface area contributed by atoms with E-state index in [2.05, 4.69) is 10.6 Å². The smallest absolute Gasteiger partial charge is 0.332 e. The molecule has 4 aromatic rings. The Balaban J connectivity index is 1.56. The zero-order valence-electron chi connectivity index (χ0n) is 20.3. The Hall–Kier alpha value is -4.14. The largest absolute Gasteiger partial charge is 0.449 e. The molecule has 9 heteroatoms. The first-order valence-electron chi connectivity index (χ1n) is 12.1. The second-order valence-corrected chi connectivity index (χ2v) is 9.45. The first-order chi connectivity index (χ1) is 17.3. The zero-order valence-corrected chi connectivity index (χ0v) is 20.3. The number of benzene rings is 2. The summed E-state index contributed by atoms with van der Waals surface area (Å²) in [5, 5.41) is 6.31. The number of anilines is 1. The van der Waals surface area contributed by atoms with E-state index in [-0.39, 0.29) is 23.7 Å². The van der Waals surface area contributed by atoms with Crippen LogP contribution >= 0.6 is 0 Å². The molecular formula is C27H28N4O5. The molecule has 0 unspecified atom stereocenters. The summed E-state index contributed by atoms with van der Waals surface area (Å²) in [4.78, 5) is 52.6. The molecule has 1 saturated carbocycles. The Labute approximate surface area is 206 Å². The van der Waals surface area contributed by atoms with Gasteiger partial charge in [0.2, 0.25) is 17.4 Å². The number of hydrogen-bond acceptors (Lipinski definition) is 5. The molecule has 186 valence electrons. The van der Waals surface area contributed by atoms with Crippen molar-refractivity contribution in [1.82, 2.24) is 14.5 Å². The average molecular weight is 489 g/mol. The molecule has 1 aliphatic carbocycles. The molecular weight excluding hydrogens is 460 g/mol. The Bertz CT molecular complexity index is 1600. The molecule has 0 bridgehead atoms. The van der Waals surface area contributed by atoms with Gasteiger partial charge >= 0.3 is 5.69 Å².